The molecule has 86 valence electrons. The smallest absolute Gasteiger partial charge is 0.0742 e. The lowest BCUT2D eigenvalue weighted by Crippen LogP contribution is -2.34. The van der Waals surface area contributed by atoms with Gasteiger partial charge in [-0.1, -0.05) is 19.8 Å². The molecule has 0 aromatic carbocycles. The van der Waals surface area contributed by atoms with Crippen LogP contribution in [0.2, 0.25) is 0 Å². The van der Waals surface area contributed by atoms with Crippen molar-refractivity contribution in [2.45, 2.75) is 51.6 Å². The normalized spacial score (nSPS) is 15.4. The van der Waals surface area contributed by atoms with E-state index in [1.165, 1.54) is 12.8 Å². The Morgan fingerprint density at radius 1 is 1.21 bits per heavy atom. The van der Waals surface area contributed by atoms with Crippen LogP contribution in [0.15, 0.2) is 0 Å². The number of unbranched alkanes of at least 4 members (excludes halogenated alkanes) is 2. The van der Waals surface area contributed by atoms with E-state index in [2.05, 4.69) is 6.92 Å². The van der Waals surface area contributed by atoms with Gasteiger partial charge in [-0.3, -0.25) is 0 Å². The molecule has 0 aliphatic carbocycles. The Morgan fingerprint density at radius 2 is 1.86 bits per heavy atom. The van der Waals surface area contributed by atoms with Crippen LogP contribution in [-0.2, 0) is 4.74 Å². The average molecular weight is 203 g/mol. The molecular weight excluding hydrogens is 178 g/mol. The molecule has 0 aromatic rings. The van der Waals surface area contributed by atoms with Crippen molar-refractivity contribution >= 4 is 0 Å². The number of nitrogens with two attached hydrogens (primary N) is 1. The van der Waals surface area contributed by atoms with Crippen molar-refractivity contribution < 1.29 is 9.84 Å². The summed E-state index contributed by atoms with van der Waals surface area (Å²) in [7, 11) is 0. The van der Waals surface area contributed by atoms with Gasteiger partial charge in [0.1, 0.15) is 0 Å². The first-order valence-electron chi connectivity index (χ1n) is 5.62. The molecule has 1 unspecified atom stereocenters. The fraction of sp³-hybridized carbons (Fsp3) is 1.00. The minimum Gasteiger partial charge on any atom is -0.389 e. The van der Waals surface area contributed by atoms with Gasteiger partial charge < -0.3 is 15.6 Å². The van der Waals surface area contributed by atoms with Crippen molar-refractivity contribution in [3.05, 3.63) is 0 Å². The Labute approximate surface area is 87.6 Å². The van der Waals surface area contributed by atoms with Crippen LogP contribution in [-0.4, -0.2) is 30.5 Å². The first-order chi connectivity index (χ1) is 6.62. The lowest BCUT2D eigenvalue weighted by Gasteiger charge is -2.20. The van der Waals surface area contributed by atoms with E-state index in [9.17, 15) is 5.11 Å². The molecule has 0 aromatic heterocycles. The van der Waals surface area contributed by atoms with Crippen LogP contribution in [0.25, 0.3) is 0 Å². The van der Waals surface area contributed by atoms with Gasteiger partial charge in [0, 0.05) is 19.8 Å². The zero-order chi connectivity index (χ0) is 10.9. The second kappa shape index (κ2) is 8.21. The Hall–Kier alpha value is -0.120. The molecule has 0 aliphatic rings. The van der Waals surface area contributed by atoms with Crippen LogP contribution in [0.3, 0.4) is 0 Å². The molecule has 0 saturated carbocycles. The van der Waals surface area contributed by atoms with Gasteiger partial charge >= 0.3 is 0 Å². The van der Waals surface area contributed by atoms with Crippen LogP contribution >= 0.6 is 0 Å². The van der Waals surface area contributed by atoms with Gasteiger partial charge in [0.2, 0.25) is 0 Å². The number of ether oxygens (including phenoxy) is 1. The molecule has 0 radical (unpaired) electrons. The van der Waals surface area contributed by atoms with Gasteiger partial charge in [-0.05, 0) is 26.2 Å². The van der Waals surface area contributed by atoms with Crippen molar-refractivity contribution in [3.63, 3.8) is 0 Å². The van der Waals surface area contributed by atoms with E-state index < -0.39 is 5.60 Å². The van der Waals surface area contributed by atoms with E-state index in [-0.39, 0.29) is 0 Å². The second-order valence-electron chi connectivity index (χ2n) is 4.12. The molecule has 0 aliphatic heterocycles. The molecule has 0 fully saturated rings. The molecule has 3 N–H and O–H groups in total. The van der Waals surface area contributed by atoms with E-state index in [0.29, 0.717) is 6.54 Å². The highest BCUT2D eigenvalue weighted by Gasteiger charge is 2.16. The average Bonchev–Trinajstić information content (AvgIpc) is 2.16. The molecule has 0 amide bonds. The zero-order valence-electron chi connectivity index (χ0n) is 9.59. The first kappa shape index (κ1) is 13.9. The highest BCUT2D eigenvalue weighted by Crippen LogP contribution is 2.09. The highest BCUT2D eigenvalue weighted by molar-refractivity contribution is 4.72. The van der Waals surface area contributed by atoms with E-state index in [1.807, 2.05) is 0 Å². The minimum absolute atomic E-state index is 0.322. The van der Waals surface area contributed by atoms with Crippen LogP contribution in [0, 0.1) is 0 Å². The standard InChI is InChI=1S/C11H25NO2/c1-3-4-5-8-14-9-6-7-11(2,13)10-12/h13H,3-10,12H2,1-2H3. The van der Waals surface area contributed by atoms with Gasteiger partial charge in [-0.2, -0.15) is 0 Å². The molecule has 3 heteroatoms. The highest BCUT2D eigenvalue weighted by atomic mass is 16.5. The molecule has 3 nitrogen and oxygen atoms in total. The predicted octanol–water partition coefficient (Wildman–Crippen LogP) is 1.68. The van der Waals surface area contributed by atoms with Crippen LogP contribution < -0.4 is 5.73 Å². The number of rotatable bonds is 9. The third-order valence-corrected chi connectivity index (χ3v) is 2.34. The van der Waals surface area contributed by atoms with E-state index >= 15 is 0 Å². The Morgan fingerprint density at radius 3 is 2.43 bits per heavy atom. The maximum atomic E-state index is 9.58. The summed E-state index contributed by atoms with van der Waals surface area (Å²) in [5, 5.41) is 9.58. The Balaban J connectivity index is 3.13. The quantitative estimate of drug-likeness (QED) is 0.561. The zero-order valence-corrected chi connectivity index (χ0v) is 9.59. The fourth-order valence-electron chi connectivity index (χ4n) is 1.21. The molecule has 0 rings (SSSR count). The summed E-state index contributed by atoms with van der Waals surface area (Å²) in [6, 6.07) is 0. The lowest BCUT2D eigenvalue weighted by atomic mass is 10.0. The van der Waals surface area contributed by atoms with Crippen LogP contribution in [0.5, 0.6) is 0 Å². The second-order valence-corrected chi connectivity index (χ2v) is 4.12. The van der Waals surface area contributed by atoms with E-state index in [0.717, 1.165) is 32.5 Å². The maximum Gasteiger partial charge on any atom is 0.0742 e. The minimum atomic E-state index is -0.715. The molecule has 0 bridgehead atoms. The topological polar surface area (TPSA) is 55.5 Å². The molecule has 14 heavy (non-hydrogen) atoms. The number of hydrogen-bond acceptors (Lipinski definition) is 3. The third kappa shape index (κ3) is 8.48. The molecule has 0 heterocycles. The monoisotopic (exact) mass is 203 g/mol. The summed E-state index contributed by atoms with van der Waals surface area (Å²) in [5.74, 6) is 0. The molecule has 0 spiro atoms. The summed E-state index contributed by atoms with van der Waals surface area (Å²) >= 11 is 0. The number of hydrogen-bond donors (Lipinski definition) is 2. The summed E-state index contributed by atoms with van der Waals surface area (Å²) < 4.78 is 5.42. The van der Waals surface area contributed by atoms with Crippen LogP contribution in [0.4, 0.5) is 0 Å². The molecule has 0 saturated heterocycles. The van der Waals surface area contributed by atoms with Gasteiger partial charge in [-0.15, -0.1) is 0 Å². The van der Waals surface area contributed by atoms with Crippen molar-refractivity contribution in [1.29, 1.82) is 0 Å². The molecule has 1 atom stereocenters. The van der Waals surface area contributed by atoms with E-state index in [1.54, 1.807) is 6.92 Å². The van der Waals surface area contributed by atoms with Gasteiger partial charge in [0.25, 0.3) is 0 Å². The summed E-state index contributed by atoms with van der Waals surface area (Å²) in [6.45, 7) is 5.85. The lowest BCUT2D eigenvalue weighted by molar-refractivity contribution is 0.0430. The maximum absolute atomic E-state index is 9.58. The largest absolute Gasteiger partial charge is 0.389 e. The Kier molecular flexibility index (Phi) is 8.14. The summed E-state index contributed by atoms with van der Waals surface area (Å²) in [5.41, 5.74) is 4.68. The van der Waals surface area contributed by atoms with Crippen LogP contribution in [0.1, 0.15) is 46.0 Å². The van der Waals surface area contributed by atoms with Crippen molar-refractivity contribution in [1.82, 2.24) is 0 Å². The first-order valence-corrected chi connectivity index (χ1v) is 5.62. The summed E-state index contributed by atoms with van der Waals surface area (Å²) in [6.07, 6.45) is 5.21. The van der Waals surface area contributed by atoms with Crippen molar-refractivity contribution in [2.24, 2.45) is 5.73 Å². The van der Waals surface area contributed by atoms with Gasteiger partial charge in [0.05, 0.1) is 5.60 Å². The third-order valence-electron chi connectivity index (χ3n) is 2.34. The predicted molar refractivity (Wildman–Crippen MR) is 59.3 cm³/mol. The SMILES string of the molecule is CCCCCOCCCC(C)(O)CN. The van der Waals surface area contributed by atoms with Crippen molar-refractivity contribution in [2.75, 3.05) is 19.8 Å². The molecular formula is C11H25NO2. The van der Waals surface area contributed by atoms with E-state index in [4.69, 9.17) is 10.5 Å². The fourth-order valence-corrected chi connectivity index (χ4v) is 1.21. The van der Waals surface area contributed by atoms with Gasteiger partial charge in [-0.25, -0.2) is 0 Å². The van der Waals surface area contributed by atoms with Gasteiger partial charge in [0.15, 0.2) is 0 Å². The number of aliphatic hydroxyl groups is 1. The Bertz CT molecular complexity index is 126. The summed E-state index contributed by atoms with van der Waals surface area (Å²) in [4.78, 5) is 0. The van der Waals surface area contributed by atoms with Crippen molar-refractivity contribution in [3.8, 4) is 0 Å².